The van der Waals surface area contributed by atoms with E-state index in [-0.39, 0.29) is 6.03 Å². The highest BCUT2D eigenvalue weighted by Gasteiger charge is 2.21. The SMILES string of the molecule is Cc1ccc(CNC(=O)N2CC=C(c3cn(C(C)C)c4ncccc34)CC2)cc1. The zero-order chi connectivity index (χ0) is 20.4. The first-order valence-corrected chi connectivity index (χ1v) is 10.3. The fourth-order valence-electron chi connectivity index (χ4n) is 3.83. The molecule has 3 aromatic rings. The molecule has 150 valence electrons. The summed E-state index contributed by atoms with van der Waals surface area (Å²) in [6.45, 7) is 8.32. The zero-order valence-electron chi connectivity index (χ0n) is 17.4. The highest BCUT2D eigenvalue weighted by Crippen LogP contribution is 2.31. The molecule has 0 aliphatic carbocycles. The van der Waals surface area contributed by atoms with Gasteiger partial charge in [-0.15, -0.1) is 0 Å². The van der Waals surface area contributed by atoms with Gasteiger partial charge in [0.15, 0.2) is 0 Å². The second kappa shape index (κ2) is 8.11. The fraction of sp³-hybridized carbons (Fsp3) is 0.333. The largest absolute Gasteiger partial charge is 0.334 e. The van der Waals surface area contributed by atoms with E-state index in [1.54, 1.807) is 0 Å². The number of fused-ring (bicyclic) bond motifs is 1. The van der Waals surface area contributed by atoms with Crippen LogP contribution in [0.5, 0.6) is 0 Å². The molecule has 1 aliphatic heterocycles. The van der Waals surface area contributed by atoms with Crippen LogP contribution in [0.1, 0.15) is 43.0 Å². The molecule has 29 heavy (non-hydrogen) atoms. The van der Waals surface area contributed by atoms with Gasteiger partial charge < -0.3 is 14.8 Å². The Morgan fingerprint density at radius 2 is 2.00 bits per heavy atom. The van der Waals surface area contributed by atoms with Crippen molar-refractivity contribution in [3.05, 3.63) is 71.6 Å². The summed E-state index contributed by atoms with van der Waals surface area (Å²) in [5, 5.41) is 4.22. The predicted octanol–water partition coefficient (Wildman–Crippen LogP) is 4.92. The molecular formula is C24H28N4O. The maximum atomic E-state index is 12.6. The quantitative estimate of drug-likeness (QED) is 0.689. The zero-order valence-corrected chi connectivity index (χ0v) is 17.4. The number of carbonyl (C=O) groups is 1. The summed E-state index contributed by atoms with van der Waals surface area (Å²) < 4.78 is 2.23. The van der Waals surface area contributed by atoms with Crippen molar-refractivity contribution in [3.8, 4) is 0 Å². The van der Waals surface area contributed by atoms with Gasteiger partial charge in [0, 0.05) is 49.0 Å². The molecule has 2 aromatic heterocycles. The van der Waals surface area contributed by atoms with Crippen molar-refractivity contribution in [1.82, 2.24) is 19.8 Å². The van der Waals surface area contributed by atoms with Gasteiger partial charge >= 0.3 is 6.03 Å². The average Bonchev–Trinajstić information content (AvgIpc) is 3.13. The van der Waals surface area contributed by atoms with Gasteiger partial charge in [-0.3, -0.25) is 0 Å². The summed E-state index contributed by atoms with van der Waals surface area (Å²) in [6, 6.07) is 12.7. The molecule has 0 atom stereocenters. The van der Waals surface area contributed by atoms with E-state index in [0.717, 1.165) is 24.2 Å². The molecule has 4 rings (SSSR count). The van der Waals surface area contributed by atoms with Crippen LogP contribution >= 0.6 is 0 Å². The third-order valence-corrected chi connectivity index (χ3v) is 5.55. The molecule has 0 spiro atoms. The lowest BCUT2D eigenvalue weighted by Crippen LogP contribution is -2.41. The smallest absolute Gasteiger partial charge is 0.317 e. The number of urea groups is 1. The van der Waals surface area contributed by atoms with Gasteiger partial charge in [-0.25, -0.2) is 9.78 Å². The molecular weight excluding hydrogens is 360 g/mol. The van der Waals surface area contributed by atoms with Crippen molar-refractivity contribution in [2.24, 2.45) is 0 Å². The normalized spacial score (nSPS) is 14.3. The number of amides is 2. The van der Waals surface area contributed by atoms with Crippen LogP contribution in [0.4, 0.5) is 4.79 Å². The maximum Gasteiger partial charge on any atom is 0.317 e. The minimum absolute atomic E-state index is 0.00727. The molecule has 0 saturated heterocycles. The second-order valence-corrected chi connectivity index (χ2v) is 7.99. The van der Waals surface area contributed by atoms with Gasteiger partial charge in [0.25, 0.3) is 0 Å². The summed E-state index contributed by atoms with van der Waals surface area (Å²) in [4.78, 5) is 19.0. The molecule has 0 fully saturated rings. The maximum absolute atomic E-state index is 12.6. The Morgan fingerprint density at radius 3 is 2.69 bits per heavy atom. The van der Waals surface area contributed by atoms with Crippen LogP contribution in [-0.4, -0.2) is 33.6 Å². The van der Waals surface area contributed by atoms with Gasteiger partial charge in [0.05, 0.1) is 0 Å². The highest BCUT2D eigenvalue weighted by atomic mass is 16.2. The Morgan fingerprint density at radius 1 is 1.21 bits per heavy atom. The number of hydrogen-bond acceptors (Lipinski definition) is 2. The van der Waals surface area contributed by atoms with Crippen molar-refractivity contribution in [1.29, 1.82) is 0 Å². The van der Waals surface area contributed by atoms with Crippen molar-refractivity contribution in [3.63, 3.8) is 0 Å². The summed E-state index contributed by atoms with van der Waals surface area (Å²) in [7, 11) is 0. The first kappa shape index (κ1) is 19.2. The van der Waals surface area contributed by atoms with Crippen LogP contribution in [0.15, 0.2) is 54.9 Å². The number of nitrogens with zero attached hydrogens (tertiary/aromatic N) is 3. The van der Waals surface area contributed by atoms with E-state index in [4.69, 9.17) is 0 Å². The minimum atomic E-state index is -0.00727. The van der Waals surface area contributed by atoms with Crippen LogP contribution in [0.2, 0.25) is 0 Å². The van der Waals surface area contributed by atoms with Crippen LogP contribution in [0, 0.1) is 6.92 Å². The van der Waals surface area contributed by atoms with Gasteiger partial charge in [0.2, 0.25) is 0 Å². The predicted molar refractivity (Wildman–Crippen MR) is 118 cm³/mol. The standard InChI is InChI=1S/C24H28N4O/c1-17(2)28-16-22(21-5-4-12-25-23(21)28)20-10-13-27(14-11-20)24(29)26-15-19-8-6-18(3)7-9-19/h4-10,12,16-17H,11,13-15H2,1-3H3,(H,26,29). The third kappa shape index (κ3) is 4.04. The molecule has 0 unspecified atom stereocenters. The second-order valence-electron chi connectivity index (χ2n) is 7.99. The van der Waals surface area contributed by atoms with Crippen LogP contribution in [-0.2, 0) is 6.54 Å². The Labute approximate surface area is 172 Å². The summed E-state index contributed by atoms with van der Waals surface area (Å²) >= 11 is 0. The van der Waals surface area contributed by atoms with Crippen molar-refractivity contribution in [2.75, 3.05) is 13.1 Å². The van der Waals surface area contributed by atoms with Crippen LogP contribution in [0.3, 0.4) is 0 Å². The summed E-state index contributed by atoms with van der Waals surface area (Å²) in [5.74, 6) is 0. The molecule has 2 amide bonds. The lowest BCUT2D eigenvalue weighted by molar-refractivity contribution is 0.202. The van der Waals surface area contributed by atoms with Gasteiger partial charge in [-0.1, -0.05) is 35.9 Å². The fourth-order valence-corrected chi connectivity index (χ4v) is 3.83. The molecule has 1 aliphatic rings. The van der Waals surface area contributed by atoms with E-state index in [1.807, 2.05) is 17.2 Å². The Kier molecular flexibility index (Phi) is 5.38. The van der Waals surface area contributed by atoms with Gasteiger partial charge in [-0.05, 0) is 50.5 Å². The number of nitrogens with one attached hydrogen (secondary N) is 1. The number of aryl methyl sites for hydroxylation is 1. The molecule has 1 aromatic carbocycles. The van der Waals surface area contributed by atoms with E-state index in [0.29, 0.717) is 19.1 Å². The topological polar surface area (TPSA) is 50.2 Å². The Bertz CT molecular complexity index is 1050. The number of pyridine rings is 1. The number of carbonyl (C=O) groups excluding carboxylic acids is 1. The van der Waals surface area contributed by atoms with Crippen LogP contribution < -0.4 is 5.32 Å². The lowest BCUT2D eigenvalue weighted by atomic mass is 10.00. The Balaban J connectivity index is 1.45. The number of rotatable bonds is 4. The Hall–Kier alpha value is -3.08. The third-order valence-electron chi connectivity index (χ3n) is 5.55. The van der Waals surface area contributed by atoms with Crippen LogP contribution in [0.25, 0.3) is 16.6 Å². The van der Waals surface area contributed by atoms with E-state index in [1.165, 1.54) is 22.1 Å². The summed E-state index contributed by atoms with van der Waals surface area (Å²) in [5.41, 5.74) is 5.90. The average molecular weight is 389 g/mol. The first-order chi connectivity index (χ1) is 14.0. The molecule has 1 N–H and O–H groups in total. The molecule has 3 heterocycles. The van der Waals surface area contributed by atoms with E-state index in [2.05, 4.69) is 78.2 Å². The monoisotopic (exact) mass is 388 g/mol. The number of hydrogen-bond donors (Lipinski definition) is 1. The van der Waals surface area contributed by atoms with Gasteiger partial charge in [-0.2, -0.15) is 0 Å². The van der Waals surface area contributed by atoms with Crippen molar-refractivity contribution < 1.29 is 4.79 Å². The summed E-state index contributed by atoms with van der Waals surface area (Å²) in [6.07, 6.45) is 7.09. The molecule has 0 saturated carbocycles. The molecule has 5 nitrogen and oxygen atoms in total. The van der Waals surface area contributed by atoms with Crippen molar-refractivity contribution >= 4 is 22.6 Å². The van der Waals surface area contributed by atoms with E-state index in [9.17, 15) is 4.79 Å². The molecule has 0 radical (unpaired) electrons. The number of benzene rings is 1. The van der Waals surface area contributed by atoms with Gasteiger partial charge in [0.1, 0.15) is 5.65 Å². The van der Waals surface area contributed by atoms with E-state index >= 15 is 0 Å². The van der Waals surface area contributed by atoms with E-state index < -0.39 is 0 Å². The minimum Gasteiger partial charge on any atom is -0.334 e. The number of aromatic nitrogens is 2. The van der Waals surface area contributed by atoms with Crippen molar-refractivity contribution in [2.45, 2.75) is 39.8 Å². The molecule has 5 heteroatoms. The molecule has 0 bridgehead atoms. The lowest BCUT2D eigenvalue weighted by Gasteiger charge is -2.26. The first-order valence-electron chi connectivity index (χ1n) is 10.3. The highest BCUT2D eigenvalue weighted by molar-refractivity contribution is 5.91.